The fourth-order valence-electron chi connectivity index (χ4n) is 3.19. The van der Waals surface area contributed by atoms with E-state index in [0.29, 0.717) is 37.3 Å². The van der Waals surface area contributed by atoms with Crippen molar-refractivity contribution >= 4 is 23.3 Å². The summed E-state index contributed by atoms with van der Waals surface area (Å²) < 4.78 is 5.77. The van der Waals surface area contributed by atoms with E-state index >= 15 is 0 Å². The van der Waals surface area contributed by atoms with Gasteiger partial charge in [0.05, 0.1) is 24.0 Å². The molecule has 7 heteroatoms. The number of rotatable bonds is 3. The summed E-state index contributed by atoms with van der Waals surface area (Å²) in [6.45, 7) is 1.31. The molecule has 0 spiro atoms. The zero-order chi connectivity index (χ0) is 16.2. The summed E-state index contributed by atoms with van der Waals surface area (Å²) in [7, 11) is 0. The number of halogens is 1. The normalized spacial score (nSPS) is 22.9. The molecule has 23 heavy (non-hydrogen) atoms. The number of nitrogens with zero attached hydrogens (tertiary/aromatic N) is 3. The highest BCUT2D eigenvalue weighted by Gasteiger charge is 2.32. The number of ether oxygens (including phenoxy) is 1. The summed E-state index contributed by atoms with van der Waals surface area (Å²) in [6.07, 6.45) is 7.09. The van der Waals surface area contributed by atoms with E-state index in [1.165, 1.54) is 12.4 Å². The maximum Gasteiger partial charge on any atom is 0.316 e. The second-order valence-electron chi connectivity index (χ2n) is 6.16. The fraction of sp³-hybridized carbons (Fsp3) is 0.625. The molecular weight excluding hydrogens is 318 g/mol. The molecule has 0 N–H and O–H groups in total. The number of likely N-dealkylation sites (tertiary alicyclic amines) is 1. The van der Waals surface area contributed by atoms with Crippen LogP contribution in [0.3, 0.4) is 0 Å². The zero-order valence-corrected chi connectivity index (χ0v) is 13.7. The number of amides is 1. The van der Waals surface area contributed by atoms with Gasteiger partial charge in [-0.1, -0.05) is 11.6 Å². The van der Waals surface area contributed by atoms with Gasteiger partial charge in [0.1, 0.15) is 11.9 Å². The second-order valence-corrected chi connectivity index (χ2v) is 6.60. The number of carbonyl (C=O) groups is 2. The van der Waals surface area contributed by atoms with Gasteiger partial charge in [0.25, 0.3) is 0 Å². The van der Waals surface area contributed by atoms with Crippen LogP contribution < -0.4 is 4.74 Å². The summed E-state index contributed by atoms with van der Waals surface area (Å²) >= 11 is 5.76. The van der Waals surface area contributed by atoms with E-state index in [4.69, 9.17) is 16.3 Å². The van der Waals surface area contributed by atoms with Gasteiger partial charge in [-0.15, -0.1) is 0 Å². The molecule has 1 saturated carbocycles. The predicted molar refractivity (Wildman–Crippen MR) is 84.2 cm³/mol. The quantitative estimate of drug-likeness (QED) is 0.846. The van der Waals surface area contributed by atoms with E-state index in [-0.39, 0.29) is 29.7 Å². The van der Waals surface area contributed by atoms with E-state index in [1.54, 1.807) is 0 Å². The molecule has 124 valence electrons. The number of hydrogen-bond acceptors (Lipinski definition) is 5. The zero-order valence-electron chi connectivity index (χ0n) is 12.9. The van der Waals surface area contributed by atoms with E-state index in [9.17, 15) is 9.59 Å². The Morgan fingerprint density at radius 1 is 1.22 bits per heavy atom. The Balaban J connectivity index is 1.56. The van der Waals surface area contributed by atoms with E-state index in [1.807, 2.05) is 4.90 Å². The number of aromatic nitrogens is 2. The molecule has 1 saturated heterocycles. The molecule has 1 aromatic rings. The van der Waals surface area contributed by atoms with Crippen molar-refractivity contribution in [3.05, 3.63) is 17.4 Å². The van der Waals surface area contributed by atoms with Crippen molar-refractivity contribution in [2.75, 3.05) is 13.1 Å². The maximum absolute atomic E-state index is 12.6. The lowest BCUT2D eigenvalue weighted by atomic mass is 9.87. The number of carbonyl (C=O) groups excluding carboxylic acids is 2. The monoisotopic (exact) mass is 337 g/mol. The van der Waals surface area contributed by atoms with Crippen molar-refractivity contribution < 1.29 is 14.3 Å². The van der Waals surface area contributed by atoms with Crippen molar-refractivity contribution in [2.45, 2.75) is 44.6 Å². The SMILES string of the molecule is O=C1CCC(C(=O)N2CCCC(Oc3ncc(Cl)cn3)C2)CC1. The van der Waals surface area contributed by atoms with Gasteiger partial charge in [0.2, 0.25) is 5.91 Å². The first-order valence-corrected chi connectivity index (χ1v) is 8.44. The minimum absolute atomic E-state index is 0.0155. The third kappa shape index (κ3) is 4.19. The molecule has 2 aliphatic rings. The molecule has 1 atom stereocenters. The van der Waals surface area contributed by atoms with Gasteiger partial charge in [-0.25, -0.2) is 9.97 Å². The molecule has 0 aromatic carbocycles. The van der Waals surface area contributed by atoms with Crippen molar-refractivity contribution in [1.29, 1.82) is 0 Å². The van der Waals surface area contributed by atoms with E-state index in [2.05, 4.69) is 9.97 Å². The smallest absolute Gasteiger partial charge is 0.316 e. The standard InChI is InChI=1S/C16H20ClN3O3/c17-12-8-18-16(19-9-12)23-14-2-1-7-20(10-14)15(22)11-3-5-13(21)6-4-11/h8-9,11,14H,1-7,10H2. The van der Waals surface area contributed by atoms with Crippen LogP contribution in [0.1, 0.15) is 38.5 Å². The molecule has 1 aliphatic carbocycles. The topological polar surface area (TPSA) is 72.4 Å². The van der Waals surface area contributed by atoms with Crippen LogP contribution >= 0.6 is 11.6 Å². The minimum atomic E-state index is -0.0981. The molecule has 6 nitrogen and oxygen atoms in total. The third-order valence-corrected chi connectivity index (χ3v) is 4.65. The summed E-state index contributed by atoms with van der Waals surface area (Å²) in [6, 6.07) is 0.289. The summed E-state index contributed by atoms with van der Waals surface area (Å²) in [4.78, 5) is 33.9. The molecule has 1 amide bonds. The highest BCUT2D eigenvalue weighted by Crippen LogP contribution is 2.25. The van der Waals surface area contributed by atoms with E-state index in [0.717, 1.165) is 19.4 Å². The van der Waals surface area contributed by atoms with Gasteiger partial charge < -0.3 is 9.64 Å². The van der Waals surface area contributed by atoms with Crippen molar-refractivity contribution in [2.24, 2.45) is 5.92 Å². The molecular formula is C16H20ClN3O3. The summed E-state index contributed by atoms with van der Waals surface area (Å²) in [5.41, 5.74) is 0. The largest absolute Gasteiger partial charge is 0.458 e. The molecule has 1 aliphatic heterocycles. The van der Waals surface area contributed by atoms with Crippen molar-refractivity contribution in [3.8, 4) is 6.01 Å². The third-order valence-electron chi connectivity index (χ3n) is 4.45. The van der Waals surface area contributed by atoms with Crippen LogP contribution in [0.4, 0.5) is 0 Å². The molecule has 2 heterocycles. The Hall–Kier alpha value is -1.69. The van der Waals surface area contributed by atoms with Crippen LogP contribution in [0.5, 0.6) is 6.01 Å². The van der Waals surface area contributed by atoms with Crippen molar-refractivity contribution in [3.63, 3.8) is 0 Å². The molecule has 1 unspecified atom stereocenters. The Morgan fingerprint density at radius 2 is 1.91 bits per heavy atom. The first-order chi connectivity index (χ1) is 11.1. The number of hydrogen-bond donors (Lipinski definition) is 0. The Labute approximate surface area is 140 Å². The Kier molecular flexibility index (Phi) is 5.10. The van der Waals surface area contributed by atoms with Gasteiger partial charge >= 0.3 is 6.01 Å². The highest BCUT2D eigenvalue weighted by molar-refractivity contribution is 6.30. The Morgan fingerprint density at radius 3 is 2.61 bits per heavy atom. The average molecular weight is 338 g/mol. The number of Topliss-reactive ketones (excluding diaryl/α,β-unsaturated/α-hetero) is 1. The molecule has 0 radical (unpaired) electrons. The van der Waals surface area contributed by atoms with Gasteiger partial charge in [-0.2, -0.15) is 0 Å². The molecule has 1 aromatic heterocycles. The van der Waals surface area contributed by atoms with Crippen LogP contribution in [-0.4, -0.2) is 45.8 Å². The summed E-state index contributed by atoms with van der Waals surface area (Å²) in [5, 5.41) is 0.463. The minimum Gasteiger partial charge on any atom is -0.458 e. The maximum atomic E-state index is 12.6. The average Bonchev–Trinajstić information content (AvgIpc) is 2.57. The lowest BCUT2D eigenvalue weighted by Crippen LogP contribution is -2.47. The van der Waals surface area contributed by atoms with Crippen molar-refractivity contribution in [1.82, 2.24) is 14.9 Å². The molecule has 2 fully saturated rings. The first-order valence-electron chi connectivity index (χ1n) is 8.06. The van der Waals surface area contributed by atoms with Gasteiger partial charge in [-0.3, -0.25) is 9.59 Å². The summed E-state index contributed by atoms with van der Waals surface area (Å²) in [5.74, 6) is 0.412. The number of piperidine rings is 1. The number of ketones is 1. The van der Waals surface area contributed by atoms with Crippen LogP contribution in [0, 0.1) is 5.92 Å². The van der Waals surface area contributed by atoms with Crippen LogP contribution in [-0.2, 0) is 9.59 Å². The highest BCUT2D eigenvalue weighted by atomic mass is 35.5. The lowest BCUT2D eigenvalue weighted by Gasteiger charge is -2.35. The van der Waals surface area contributed by atoms with Gasteiger partial charge in [0, 0.05) is 25.3 Å². The predicted octanol–water partition coefficient (Wildman–Crippen LogP) is 2.26. The second kappa shape index (κ2) is 7.25. The van der Waals surface area contributed by atoms with E-state index < -0.39 is 0 Å². The molecule has 0 bridgehead atoms. The van der Waals surface area contributed by atoms with Crippen LogP contribution in [0.2, 0.25) is 5.02 Å². The van der Waals surface area contributed by atoms with Gasteiger partial charge in [0.15, 0.2) is 0 Å². The van der Waals surface area contributed by atoms with Crippen LogP contribution in [0.15, 0.2) is 12.4 Å². The Bertz CT molecular complexity index is 568. The van der Waals surface area contributed by atoms with Gasteiger partial charge in [-0.05, 0) is 25.7 Å². The lowest BCUT2D eigenvalue weighted by molar-refractivity contribution is -0.140. The first kappa shape index (κ1) is 16.2. The molecule has 3 rings (SSSR count). The van der Waals surface area contributed by atoms with Crippen LogP contribution in [0.25, 0.3) is 0 Å². The fourth-order valence-corrected chi connectivity index (χ4v) is 3.29.